The second-order valence-corrected chi connectivity index (χ2v) is 13.0. The fraction of sp³-hybridized carbons (Fsp3) is 0.316. The molecular formula is C38H38. The molecule has 0 aromatic heterocycles. The lowest BCUT2D eigenvalue weighted by Crippen LogP contribution is -2.49. The summed E-state index contributed by atoms with van der Waals surface area (Å²) in [5, 5.41) is 0. The molecule has 0 heterocycles. The SMILES string of the molecule is CC1=C(C)C2(CCC13c1ccccc1C(C)(C)c1ccccc13)c1ccccc1C(C)(C)c1ccccc12. The molecule has 0 atom stereocenters. The third-order valence-electron chi connectivity index (χ3n) is 11.0. The van der Waals surface area contributed by atoms with Crippen molar-refractivity contribution in [2.45, 2.75) is 76.0 Å². The molecule has 0 aliphatic heterocycles. The molecule has 0 saturated heterocycles. The summed E-state index contributed by atoms with van der Waals surface area (Å²) in [6, 6.07) is 37.2. The molecule has 190 valence electrons. The predicted molar refractivity (Wildman–Crippen MR) is 159 cm³/mol. The highest BCUT2D eigenvalue weighted by Gasteiger charge is 2.56. The first kappa shape index (κ1) is 23.7. The zero-order valence-electron chi connectivity index (χ0n) is 23.7. The van der Waals surface area contributed by atoms with E-state index in [1.54, 1.807) is 0 Å². The van der Waals surface area contributed by atoms with Crippen LogP contribution in [0.15, 0.2) is 108 Å². The molecule has 0 N–H and O–H groups in total. The van der Waals surface area contributed by atoms with Crippen LogP contribution in [-0.4, -0.2) is 0 Å². The smallest absolute Gasteiger partial charge is 0.0418 e. The summed E-state index contributed by atoms with van der Waals surface area (Å²) in [5.41, 5.74) is 14.8. The van der Waals surface area contributed by atoms with Crippen LogP contribution in [0.2, 0.25) is 0 Å². The number of hydrogen-bond donors (Lipinski definition) is 0. The van der Waals surface area contributed by atoms with Crippen LogP contribution in [-0.2, 0) is 21.7 Å². The highest BCUT2D eigenvalue weighted by molar-refractivity contribution is 5.70. The lowest BCUT2D eigenvalue weighted by molar-refractivity contribution is 0.363. The van der Waals surface area contributed by atoms with E-state index in [2.05, 4.69) is 139 Å². The van der Waals surface area contributed by atoms with Gasteiger partial charge in [0.2, 0.25) is 0 Å². The van der Waals surface area contributed by atoms with Gasteiger partial charge in [-0.3, -0.25) is 0 Å². The van der Waals surface area contributed by atoms with Crippen molar-refractivity contribution in [3.8, 4) is 0 Å². The normalized spacial score (nSPS) is 20.9. The first-order valence-corrected chi connectivity index (χ1v) is 14.3. The van der Waals surface area contributed by atoms with E-state index < -0.39 is 0 Å². The maximum atomic E-state index is 2.45. The Morgan fingerprint density at radius 2 is 0.579 bits per heavy atom. The molecule has 3 aliphatic carbocycles. The molecule has 4 aromatic rings. The lowest BCUT2D eigenvalue weighted by Gasteiger charge is -2.56. The number of rotatable bonds is 0. The van der Waals surface area contributed by atoms with Crippen LogP contribution in [0.1, 0.15) is 98.9 Å². The summed E-state index contributed by atoms with van der Waals surface area (Å²) >= 11 is 0. The Labute approximate surface area is 228 Å². The Morgan fingerprint density at radius 1 is 0.368 bits per heavy atom. The number of fused-ring (bicyclic) bond motifs is 8. The van der Waals surface area contributed by atoms with Crippen LogP contribution in [0, 0.1) is 0 Å². The summed E-state index contributed by atoms with van der Waals surface area (Å²) in [4.78, 5) is 0. The molecule has 0 amide bonds. The zero-order valence-corrected chi connectivity index (χ0v) is 23.7. The van der Waals surface area contributed by atoms with Crippen LogP contribution in [0.4, 0.5) is 0 Å². The van der Waals surface area contributed by atoms with Gasteiger partial charge in [-0.2, -0.15) is 0 Å². The van der Waals surface area contributed by atoms with Crippen LogP contribution >= 0.6 is 0 Å². The Morgan fingerprint density at radius 3 is 0.816 bits per heavy atom. The van der Waals surface area contributed by atoms with Crippen LogP contribution < -0.4 is 0 Å². The molecule has 0 unspecified atom stereocenters. The van der Waals surface area contributed by atoms with Crippen molar-refractivity contribution in [1.82, 2.24) is 0 Å². The third kappa shape index (κ3) is 2.62. The second kappa shape index (κ2) is 7.60. The standard InChI is InChI=1S/C38H38/c1-25-26(2)38(33-21-13-9-17-29(33)36(5,6)30-18-10-14-22-34(30)38)24-23-37(25)31-19-11-7-15-27(31)35(3,4)28-16-8-12-20-32(28)37/h7-22H,23-24H2,1-6H3. The van der Waals surface area contributed by atoms with Crippen LogP contribution in [0.3, 0.4) is 0 Å². The van der Waals surface area contributed by atoms with Crippen molar-refractivity contribution in [2.24, 2.45) is 0 Å². The zero-order chi connectivity index (χ0) is 26.5. The Bertz CT molecular complexity index is 1420. The average Bonchev–Trinajstić information content (AvgIpc) is 2.94. The maximum Gasteiger partial charge on any atom is 0.0418 e. The van der Waals surface area contributed by atoms with E-state index in [9.17, 15) is 0 Å². The minimum Gasteiger partial charge on any atom is -0.0619 e. The first-order chi connectivity index (χ1) is 18.2. The minimum absolute atomic E-state index is 0.0180. The summed E-state index contributed by atoms with van der Waals surface area (Å²) in [7, 11) is 0. The van der Waals surface area contributed by atoms with Gasteiger partial charge < -0.3 is 0 Å². The van der Waals surface area contributed by atoms with Gasteiger partial charge >= 0.3 is 0 Å². The highest BCUT2D eigenvalue weighted by atomic mass is 14.6. The van der Waals surface area contributed by atoms with Gasteiger partial charge in [0.25, 0.3) is 0 Å². The Hall–Kier alpha value is -3.38. The van der Waals surface area contributed by atoms with Gasteiger partial charge in [0.1, 0.15) is 0 Å². The van der Waals surface area contributed by atoms with E-state index in [0.29, 0.717) is 0 Å². The van der Waals surface area contributed by atoms with E-state index in [0.717, 1.165) is 12.8 Å². The molecule has 2 spiro atoms. The fourth-order valence-electron chi connectivity index (χ4n) is 8.92. The molecule has 0 saturated carbocycles. The number of hydrogen-bond acceptors (Lipinski definition) is 0. The van der Waals surface area contributed by atoms with Gasteiger partial charge in [-0.05, 0) is 71.2 Å². The van der Waals surface area contributed by atoms with E-state index in [-0.39, 0.29) is 21.7 Å². The summed E-state index contributed by atoms with van der Waals surface area (Å²) < 4.78 is 0. The molecule has 0 bridgehead atoms. The predicted octanol–water partition coefficient (Wildman–Crippen LogP) is 9.37. The Kier molecular flexibility index (Phi) is 4.74. The minimum atomic E-state index is -0.102. The molecule has 0 nitrogen and oxygen atoms in total. The van der Waals surface area contributed by atoms with Crippen molar-refractivity contribution in [3.63, 3.8) is 0 Å². The molecule has 0 radical (unpaired) electrons. The highest BCUT2D eigenvalue weighted by Crippen LogP contribution is 2.64. The fourth-order valence-corrected chi connectivity index (χ4v) is 8.92. The lowest BCUT2D eigenvalue weighted by atomic mass is 9.46. The van der Waals surface area contributed by atoms with Gasteiger partial charge in [-0.1, -0.05) is 136 Å². The summed E-state index contributed by atoms with van der Waals surface area (Å²) in [5.74, 6) is 0. The van der Waals surface area contributed by atoms with Crippen molar-refractivity contribution in [3.05, 3.63) is 153 Å². The maximum absolute atomic E-state index is 2.45. The van der Waals surface area contributed by atoms with Crippen molar-refractivity contribution < 1.29 is 0 Å². The van der Waals surface area contributed by atoms with E-state index in [4.69, 9.17) is 0 Å². The van der Waals surface area contributed by atoms with Gasteiger partial charge in [-0.25, -0.2) is 0 Å². The molecule has 0 heteroatoms. The van der Waals surface area contributed by atoms with Gasteiger partial charge in [0.15, 0.2) is 0 Å². The largest absolute Gasteiger partial charge is 0.0619 e. The first-order valence-electron chi connectivity index (χ1n) is 14.3. The topological polar surface area (TPSA) is 0 Å². The summed E-state index contributed by atoms with van der Waals surface area (Å²) in [6.45, 7) is 14.5. The van der Waals surface area contributed by atoms with Crippen molar-refractivity contribution in [1.29, 1.82) is 0 Å². The van der Waals surface area contributed by atoms with Crippen LogP contribution in [0.25, 0.3) is 0 Å². The monoisotopic (exact) mass is 494 g/mol. The molecule has 38 heavy (non-hydrogen) atoms. The number of benzene rings is 4. The Balaban J connectivity index is 1.59. The quantitative estimate of drug-likeness (QED) is 0.214. The van der Waals surface area contributed by atoms with Crippen molar-refractivity contribution >= 4 is 0 Å². The van der Waals surface area contributed by atoms with Gasteiger partial charge in [-0.15, -0.1) is 0 Å². The van der Waals surface area contributed by atoms with Crippen LogP contribution in [0.5, 0.6) is 0 Å². The second-order valence-electron chi connectivity index (χ2n) is 13.0. The molecule has 3 aliphatic rings. The van der Waals surface area contributed by atoms with Gasteiger partial charge in [0.05, 0.1) is 0 Å². The molecule has 0 fully saturated rings. The van der Waals surface area contributed by atoms with Crippen molar-refractivity contribution in [2.75, 3.05) is 0 Å². The van der Waals surface area contributed by atoms with E-state index in [1.165, 1.54) is 55.7 Å². The third-order valence-corrected chi connectivity index (χ3v) is 11.0. The molecule has 4 aromatic carbocycles. The van der Waals surface area contributed by atoms with E-state index in [1.807, 2.05) is 0 Å². The molecular weight excluding hydrogens is 456 g/mol. The number of allylic oxidation sites excluding steroid dienone is 2. The molecule has 7 rings (SSSR count). The summed E-state index contributed by atoms with van der Waals surface area (Å²) in [6.07, 6.45) is 2.20. The average molecular weight is 495 g/mol. The van der Waals surface area contributed by atoms with E-state index >= 15 is 0 Å². The van der Waals surface area contributed by atoms with Gasteiger partial charge in [0, 0.05) is 21.7 Å².